The Labute approximate surface area is 123 Å². The minimum atomic E-state index is 0.279. The molecule has 3 heterocycles. The van der Waals surface area contributed by atoms with Crippen LogP contribution >= 0.6 is 0 Å². The Morgan fingerprint density at radius 3 is 2.30 bits per heavy atom. The van der Waals surface area contributed by atoms with Crippen LogP contribution in [-0.4, -0.2) is 73.0 Å². The van der Waals surface area contributed by atoms with Crippen LogP contribution in [-0.2, 0) is 4.79 Å². The summed E-state index contributed by atoms with van der Waals surface area (Å²) in [5.74, 6) is 0.724. The zero-order valence-corrected chi connectivity index (χ0v) is 12.9. The molecule has 0 spiro atoms. The van der Waals surface area contributed by atoms with E-state index in [4.69, 9.17) is 0 Å². The lowest BCUT2D eigenvalue weighted by molar-refractivity contribution is -0.136. The first-order chi connectivity index (χ1) is 9.74. The molecule has 3 rings (SSSR count). The molecule has 0 radical (unpaired) electrons. The number of hydrogen-bond donors (Lipinski definition) is 0. The van der Waals surface area contributed by atoms with Crippen molar-refractivity contribution in [2.45, 2.75) is 44.6 Å². The highest BCUT2D eigenvalue weighted by Gasteiger charge is 2.33. The van der Waals surface area contributed by atoms with Crippen LogP contribution in [0.5, 0.6) is 0 Å². The van der Waals surface area contributed by atoms with Gasteiger partial charge in [0.15, 0.2) is 0 Å². The van der Waals surface area contributed by atoms with Crippen molar-refractivity contribution in [3.05, 3.63) is 0 Å². The quantitative estimate of drug-likeness (QED) is 0.765. The fourth-order valence-corrected chi connectivity index (χ4v) is 4.10. The summed E-state index contributed by atoms with van der Waals surface area (Å²) in [4.78, 5) is 19.7. The molecule has 20 heavy (non-hydrogen) atoms. The van der Waals surface area contributed by atoms with Crippen molar-refractivity contribution >= 4 is 5.91 Å². The fourth-order valence-electron chi connectivity index (χ4n) is 4.10. The fraction of sp³-hybridized carbons (Fsp3) is 0.938. The zero-order chi connectivity index (χ0) is 13.9. The topological polar surface area (TPSA) is 26.8 Å². The predicted molar refractivity (Wildman–Crippen MR) is 80.6 cm³/mol. The van der Waals surface area contributed by atoms with Gasteiger partial charge in [0.1, 0.15) is 0 Å². The molecule has 3 aliphatic heterocycles. The summed E-state index contributed by atoms with van der Waals surface area (Å²) >= 11 is 0. The van der Waals surface area contributed by atoms with Gasteiger partial charge < -0.3 is 9.80 Å². The molecule has 0 N–H and O–H groups in total. The van der Waals surface area contributed by atoms with Gasteiger partial charge in [0.25, 0.3) is 0 Å². The van der Waals surface area contributed by atoms with Crippen LogP contribution in [0.1, 0.15) is 38.5 Å². The van der Waals surface area contributed by atoms with Crippen LogP contribution in [0.3, 0.4) is 0 Å². The first kappa shape index (κ1) is 14.3. The summed E-state index contributed by atoms with van der Waals surface area (Å²) in [6, 6.07) is 0.723. The van der Waals surface area contributed by atoms with Crippen LogP contribution in [0.4, 0.5) is 0 Å². The maximum absolute atomic E-state index is 12.6. The maximum atomic E-state index is 12.6. The second-order valence-electron chi connectivity index (χ2n) is 6.90. The van der Waals surface area contributed by atoms with Crippen molar-refractivity contribution in [3.8, 4) is 0 Å². The first-order valence-electron chi connectivity index (χ1n) is 8.45. The zero-order valence-electron chi connectivity index (χ0n) is 12.9. The van der Waals surface area contributed by atoms with E-state index in [2.05, 4.69) is 21.7 Å². The van der Waals surface area contributed by atoms with E-state index in [0.717, 1.165) is 32.1 Å². The molecule has 0 aromatic heterocycles. The van der Waals surface area contributed by atoms with E-state index >= 15 is 0 Å². The molecule has 4 heteroatoms. The molecule has 3 aliphatic rings. The monoisotopic (exact) mass is 279 g/mol. The molecule has 3 fully saturated rings. The number of hydrogen-bond acceptors (Lipinski definition) is 3. The maximum Gasteiger partial charge on any atom is 0.226 e. The third-order valence-corrected chi connectivity index (χ3v) is 5.42. The number of carbonyl (C=O) groups is 1. The van der Waals surface area contributed by atoms with Crippen molar-refractivity contribution in [1.82, 2.24) is 14.7 Å². The molecule has 0 aromatic rings. The number of rotatable bonds is 2. The van der Waals surface area contributed by atoms with E-state index in [1.165, 1.54) is 51.7 Å². The number of piperidine rings is 2. The molecule has 0 aliphatic carbocycles. The lowest BCUT2D eigenvalue weighted by atomic mass is 9.93. The largest absolute Gasteiger partial charge is 0.342 e. The van der Waals surface area contributed by atoms with Gasteiger partial charge in [-0.05, 0) is 65.2 Å². The predicted octanol–water partition coefficient (Wildman–Crippen LogP) is 1.41. The van der Waals surface area contributed by atoms with Crippen LogP contribution < -0.4 is 0 Å². The van der Waals surface area contributed by atoms with Gasteiger partial charge in [0.05, 0.1) is 5.92 Å². The van der Waals surface area contributed by atoms with Crippen LogP contribution in [0.15, 0.2) is 0 Å². The van der Waals surface area contributed by atoms with Crippen molar-refractivity contribution in [3.63, 3.8) is 0 Å². The molecule has 4 nitrogen and oxygen atoms in total. The molecule has 1 atom stereocenters. The van der Waals surface area contributed by atoms with Gasteiger partial charge in [-0.15, -0.1) is 0 Å². The third-order valence-electron chi connectivity index (χ3n) is 5.42. The SMILES string of the molecule is CN1CCC(N2CCC[C@H](C(=O)N3CCCC3)C2)CC1. The Morgan fingerprint density at radius 1 is 0.900 bits per heavy atom. The molecule has 1 amide bonds. The highest BCUT2D eigenvalue weighted by molar-refractivity contribution is 5.79. The molecule has 114 valence electrons. The minimum Gasteiger partial charge on any atom is -0.342 e. The van der Waals surface area contributed by atoms with Gasteiger partial charge in [-0.1, -0.05) is 0 Å². The van der Waals surface area contributed by atoms with Gasteiger partial charge in [-0.25, -0.2) is 0 Å². The first-order valence-corrected chi connectivity index (χ1v) is 8.45. The number of likely N-dealkylation sites (tertiary alicyclic amines) is 3. The van der Waals surface area contributed by atoms with E-state index in [1.54, 1.807) is 0 Å². The normalized spacial score (nSPS) is 30.9. The van der Waals surface area contributed by atoms with Gasteiger partial charge in [0, 0.05) is 25.7 Å². The van der Waals surface area contributed by atoms with Gasteiger partial charge >= 0.3 is 0 Å². The number of carbonyl (C=O) groups excluding carboxylic acids is 1. The van der Waals surface area contributed by atoms with Gasteiger partial charge in [-0.3, -0.25) is 9.69 Å². The summed E-state index contributed by atoms with van der Waals surface area (Å²) in [6.07, 6.45) is 7.28. The summed E-state index contributed by atoms with van der Waals surface area (Å²) in [5.41, 5.74) is 0. The van der Waals surface area contributed by atoms with Crippen LogP contribution in [0, 0.1) is 5.92 Å². The Hall–Kier alpha value is -0.610. The van der Waals surface area contributed by atoms with Crippen molar-refractivity contribution in [1.29, 1.82) is 0 Å². The second-order valence-corrected chi connectivity index (χ2v) is 6.90. The van der Waals surface area contributed by atoms with E-state index in [0.29, 0.717) is 5.91 Å². The number of nitrogens with zero attached hydrogens (tertiary/aromatic N) is 3. The van der Waals surface area contributed by atoms with E-state index in [1.807, 2.05) is 0 Å². The van der Waals surface area contributed by atoms with Crippen molar-refractivity contribution < 1.29 is 4.79 Å². The Kier molecular flexibility index (Phi) is 4.61. The minimum absolute atomic E-state index is 0.279. The molecular formula is C16H29N3O. The Bertz CT molecular complexity index is 333. The summed E-state index contributed by atoms with van der Waals surface area (Å²) in [7, 11) is 2.21. The van der Waals surface area contributed by atoms with E-state index < -0.39 is 0 Å². The Balaban J connectivity index is 1.54. The summed E-state index contributed by atoms with van der Waals surface area (Å²) in [5, 5.41) is 0. The summed E-state index contributed by atoms with van der Waals surface area (Å²) in [6.45, 7) is 6.66. The highest BCUT2D eigenvalue weighted by atomic mass is 16.2. The molecule has 0 bridgehead atoms. The highest BCUT2D eigenvalue weighted by Crippen LogP contribution is 2.25. The molecule has 0 unspecified atom stereocenters. The third kappa shape index (κ3) is 3.17. The van der Waals surface area contributed by atoms with Crippen molar-refractivity contribution in [2.75, 3.05) is 46.3 Å². The van der Waals surface area contributed by atoms with Crippen molar-refractivity contribution in [2.24, 2.45) is 5.92 Å². The smallest absolute Gasteiger partial charge is 0.226 e. The molecule has 0 saturated carbocycles. The average molecular weight is 279 g/mol. The standard InChI is InChI=1S/C16H29N3O/c1-17-11-6-15(7-12-17)19-10-4-5-14(13-19)16(20)18-8-2-3-9-18/h14-15H,2-13H2,1H3/t14-/m0/s1. The average Bonchev–Trinajstić information content (AvgIpc) is 3.01. The second kappa shape index (κ2) is 6.44. The van der Waals surface area contributed by atoms with Gasteiger partial charge in [-0.2, -0.15) is 0 Å². The lowest BCUT2D eigenvalue weighted by Gasteiger charge is -2.41. The van der Waals surface area contributed by atoms with Crippen LogP contribution in [0.2, 0.25) is 0 Å². The summed E-state index contributed by atoms with van der Waals surface area (Å²) < 4.78 is 0. The number of amides is 1. The van der Waals surface area contributed by atoms with Gasteiger partial charge in [0.2, 0.25) is 5.91 Å². The lowest BCUT2D eigenvalue weighted by Crippen LogP contribution is -2.50. The Morgan fingerprint density at radius 2 is 1.60 bits per heavy atom. The van der Waals surface area contributed by atoms with Crippen LogP contribution in [0.25, 0.3) is 0 Å². The molecular weight excluding hydrogens is 250 g/mol. The van der Waals surface area contributed by atoms with E-state index in [-0.39, 0.29) is 5.92 Å². The van der Waals surface area contributed by atoms with E-state index in [9.17, 15) is 4.79 Å². The molecule has 0 aromatic carbocycles. The molecule has 3 saturated heterocycles.